The van der Waals surface area contributed by atoms with Crippen molar-refractivity contribution in [3.8, 4) is 11.1 Å². The van der Waals surface area contributed by atoms with Crippen LogP contribution in [-0.2, 0) is 9.47 Å². The third kappa shape index (κ3) is 6.44. The predicted molar refractivity (Wildman–Crippen MR) is 141 cm³/mol. The number of benzene rings is 1. The molecule has 2 aromatic rings. The lowest BCUT2D eigenvalue weighted by atomic mass is 10.00. The molecule has 1 aromatic heterocycles. The molecule has 0 aliphatic carbocycles. The molecule has 0 saturated carbocycles. The zero-order valence-electron chi connectivity index (χ0n) is 21.5. The summed E-state index contributed by atoms with van der Waals surface area (Å²) in [5.74, 6) is 2.34. The van der Waals surface area contributed by atoms with Crippen LogP contribution < -0.4 is 15.5 Å². The van der Waals surface area contributed by atoms with Crippen LogP contribution in [0.1, 0.15) is 32.3 Å². The number of pyridine rings is 1. The van der Waals surface area contributed by atoms with Crippen LogP contribution in [0.25, 0.3) is 11.1 Å². The van der Waals surface area contributed by atoms with E-state index in [0.717, 1.165) is 73.0 Å². The smallest absolute Gasteiger partial charge is 0.321 e. The first-order valence-electron chi connectivity index (χ1n) is 12.7. The van der Waals surface area contributed by atoms with Crippen LogP contribution in [0.5, 0.6) is 0 Å². The Morgan fingerprint density at radius 2 is 2.03 bits per heavy atom. The monoisotopic (exact) mass is 481 g/mol. The van der Waals surface area contributed by atoms with Crippen molar-refractivity contribution < 1.29 is 14.3 Å². The third-order valence-corrected chi connectivity index (χ3v) is 6.91. The van der Waals surface area contributed by atoms with Gasteiger partial charge in [-0.3, -0.25) is 0 Å². The highest BCUT2D eigenvalue weighted by Crippen LogP contribution is 2.32. The second-order valence-corrected chi connectivity index (χ2v) is 9.67. The van der Waals surface area contributed by atoms with Gasteiger partial charge in [0, 0.05) is 45.0 Å². The number of amides is 2. The number of aromatic nitrogens is 1. The average Bonchev–Trinajstić information content (AvgIpc) is 3.35. The molecule has 2 saturated heterocycles. The first-order valence-corrected chi connectivity index (χ1v) is 12.7. The third-order valence-electron chi connectivity index (χ3n) is 6.91. The van der Waals surface area contributed by atoms with E-state index in [2.05, 4.69) is 60.6 Å². The standard InChI is InChI=1S/C27H39N5O3/c1-5-21-8-9-32(17-21)27(33)29-23-7-6-19(2)24(16-23)22-14-25(28-20(3)18-34-4)30-26(15-22)31-10-12-35-13-11-31/h6-7,14-16,20-21H,5,8-13,17-18H2,1-4H3,(H,28,30)(H,29,33)/t20-,21-/m1/s1. The molecule has 2 atom stereocenters. The molecule has 2 aliphatic rings. The molecule has 0 radical (unpaired) electrons. The summed E-state index contributed by atoms with van der Waals surface area (Å²) in [4.78, 5) is 22.0. The number of nitrogens with one attached hydrogen (secondary N) is 2. The van der Waals surface area contributed by atoms with Gasteiger partial charge in [0.05, 0.1) is 19.8 Å². The van der Waals surface area contributed by atoms with Crippen molar-refractivity contribution >= 4 is 23.4 Å². The van der Waals surface area contributed by atoms with Crippen LogP contribution >= 0.6 is 0 Å². The molecule has 2 N–H and O–H groups in total. The van der Waals surface area contributed by atoms with Crippen LogP contribution in [0.15, 0.2) is 30.3 Å². The summed E-state index contributed by atoms with van der Waals surface area (Å²) in [6.07, 6.45) is 2.20. The number of morpholine rings is 1. The molecule has 35 heavy (non-hydrogen) atoms. The number of urea groups is 1. The molecule has 2 amide bonds. The molecule has 2 aliphatic heterocycles. The van der Waals surface area contributed by atoms with Gasteiger partial charge in [-0.1, -0.05) is 19.4 Å². The van der Waals surface area contributed by atoms with Gasteiger partial charge in [-0.25, -0.2) is 9.78 Å². The average molecular weight is 482 g/mol. The van der Waals surface area contributed by atoms with Crippen molar-refractivity contribution in [2.75, 3.05) is 68.6 Å². The Labute approximate surface area is 209 Å². The highest BCUT2D eigenvalue weighted by atomic mass is 16.5. The molecule has 0 bridgehead atoms. The number of anilines is 3. The van der Waals surface area contributed by atoms with E-state index in [4.69, 9.17) is 14.5 Å². The summed E-state index contributed by atoms with van der Waals surface area (Å²) < 4.78 is 10.8. The molecule has 0 spiro atoms. The molecule has 190 valence electrons. The first-order chi connectivity index (χ1) is 17.0. The second kappa shape index (κ2) is 11.7. The summed E-state index contributed by atoms with van der Waals surface area (Å²) in [5.41, 5.74) is 4.09. The highest BCUT2D eigenvalue weighted by Gasteiger charge is 2.25. The zero-order valence-corrected chi connectivity index (χ0v) is 21.5. The molecule has 4 rings (SSSR count). The van der Waals surface area contributed by atoms with E-state index in [1.807, 2.05) is 11.0 Å². The van der Waals surface area contributed by atoms with Gasteiger partial charge in [0.15, 0.2) is 0 Å². The summed E-state index contributed by atoms with van der Waals surface area (Å²) in [5, 5.41) is 6.59. The van der Waals surface area contributed by atoms with E-state index >= 15 is 0 Å². The molecular formula is C27H39N5O3. The number of aryl methyl sites for hydroxylation is 1. The molecular weight excluding hydrogens is 442 g/mol. The minimum Gasteiger partial charge on any atom is -0.383 e. The van der Waals surface area contributed by atoms with Crippen LogP contribution in [0, 0.1) is 12.8 Å². The van der Waals surface area contributed by atoms with Gasteiger partial charge < -0.3 is 29.9 Å². The Bertz CT molecular complexity index is 1010. The van der Waals surface area contributed by atoms with Gasteiger partial charge in [-0.15, -0.1) is 0 Å². The number of hydrogen-bond donors (Lipinski definition) is 2. The summed E-state index contributed by atoms with van der Waals surface area (Å²) in [6.45, 7) is 11.6. The van der Waals surface area contributed by atoms with Gasteiger partial charge in [-0.2, -0.15) is 0 Å². The highest BCUT2D eigenvalue weighted by molar-refractivity contribution is 5.91. The second-order valence-electron chi connectivity index (χ2n) is 9.67. The molecule has 8 nitrogen and oxygen atoms in total. The van der Waals surface area contributed by atoms with E-state index in [-0.39, 0.29) is 12.1 Å². The lowest BCUT2D eigenvalue weighted by Gasteiger charge is -2.29. The Morgan fingerprint density at radius 3 is 2.74 bits per heavy atom. The number of likely N-dealkylation sites (tertiary alicyclic amines) is 1. The van der Waals surface area contributed by atoms with Crippen molar-refractivity contribution in [1.29, 1.82) is 0 Å². The number of carbonyl (C=O) groups excluding carboxylic acids is 1. The number of methoxy groups -OCH3 is 1. The van der Waals surface area contributed by atoms with Crippen LogP contribution in [0.3, 0.4) is 0 Å². The SMILES string of the molecule is CC[C@@H]1CCN(C(=O)Nc2ccc(C)c(-c3cc(N[C@H](C)COC)nc(N4CCOCC4)c3)c2)C1. The van der Waals surface area contributed by atoms with Crippen LogP contribution in [0.4, 0.5) is 22.1 Å². The van der Waals surface area contributed by atoms with E-state index in [0.29, 0.717) is 25.7 Å². The topological polar surface area (TPSA) is 79.0 Å². The largest absolute Gasteiger partial charge is 0.383 e. The van der Waals surface area contributed by atoms with Crippen molar-refractivity contribution in [1.82, 2.24) is 9.88 Å². The quantitative estimate of drug-likeness (QED) is 0.574. The Hall–Kier alpha value is -2.84. The number of hydrogen-bond acceptors (Lipinski definition) is 6. The number of nitrogens with zero attached hydrogens (tertiary/aromatic N) is 3. The van der Waals surface area contributed by atoms with Gasteiger partial charge >= 0.3 is 6.03 Å². The predicted octanol–water partition coefficient (Wildman–Crippen LogP) is 4.60. The van der Waals surface area contributed by atoms with E-state index in [1.54, 1.807) is 7.11 Å². The normalized spacial score (nSPS) is 19.0. The maximum absolute atomic E-state index is 12.9. The van der Waals surface area contributed by atoms with Crippen LogP contribution in [-0.4, -0.2) is 75.1 Å². The maximum atomic E-state index is 12.9. The van der Waals surface area contributed by atoms with Gasteiger partial charge in [0.1, 0.15) is 11.6 Å². The summed E-state index contributed by atoms with van der Waals surface area (Å²) >= 11 is 0. The van der Waals surface area contributed by atoms with E-state index in [1.165, 1.54) is 0 Å². The molecule has 8 heteroatoms. The van der Waals surface area contributed by atoms with Gasteiger partial charge in [0.25, 0.3) is 0 Å². The van der Waals surface area contributed by atoms with Gasteiger partial charge in [0.2, 0.25) is 0 Å². The summed E-state index contributed by atoms with van der Waals surface area (Å²) in [6, 6.07) is 10.4. The van der Waals surface area contributed by atoms with Gasteiger partial charge in [-0.05, 0) is 67.1 Å². The van der Waals surface area contributed by atoms with E-state index in [9.17, 15) is 4.79 Å². The van der Waals surface area contributed by atoms with Crippen molar-refractivity contribution in [2.45, 2.75) is 39.7 Å². The number of ether oxygens (including phenoxy) is 2. The van der Waals surface area contributed by atoms with Crippen molar-refractivity contribution in [3.05, 3.63) is 35.9 Å². The van der Waals surface area contributed by atoms with E-state index < -0.39 is 0 Å². The fourth-order valence-corrected chi connectivity index (χ4v) is 4.81. The maximum Gasteiger partial charge on any atom is 0.321 e. The molecule has 0 unspecified atom stereocenters. The lowest BCUT2D eigenvalue weighted by molar-refractivity contribution is 0.122. The van der Waals surface area contributed by atoms with Crippen molar-refractivity contribution in [3.63, 3.8) is 0 Å². The zero-order chi connectivity index (χ0) is 24.8. The molecule has 3 heterocycles. The van der Waals surface area contributed by atoms with Crippen LogP contribution in [0.2, 0.25) is 0 Å². The minimum absolute atomic E-state index is 0.0183. The lowest BCUT2D eigenvalue weighted by Crippen LogP contribution is -2.37. The number of rotatable bonds is 8. The molecule has 1 aromatic carbocycles. The fourth-order valence-electron chi connectivity index (χ4n) is 4.81. The molecule has 2 fully saturated rings. The van der Waals surface area contributed by atoms with Crippen molar-refractivity contribution in [2.24, 2.45) is 5.92 Å². The Kier molecular flexibility index (Phi) is 8.46. The fraction of sp³-hybridized carbons (Fsp3) is 0.556. The minimum atomic E-state index is -0.0183. The first kappa shape index (κ1) is 25.3. The summed E-state index contributed by atoms with van der Waals surface area (Å²) in [7, 11) is 1.70. The Balaban J connectivity index is 1.61. The number of carbonyl (C=O) groups is 1. The Morgan fingerprint density at radius 1 is 1.23 bits per heavy atom.